The molecule has 0 heterocycles. The molecule has 2 rings (SSSR count). The number of hydrogen-bond acceptors (Lipinski definition) is 3. The van der Waals surface area contributed by atoms with E-state index < -0.39 is 5.82 Å². The molecule has 0 saturated carbocycles. The molecular weight excluding hydrogens is 279 g/mol. The average Bonchev–Trinajstić information content (AvgIpc) is 2.38. The van der Waals surface area contributed by atoms with Crippen LogP contribution in [0.15, 0.2) is 36.4 Å². The summed E-state index contributed by atoms with van der Waals surface area (Å²) in [5.74, 6) is 5.38. The van der Waals surface area contributed by atoms with Crippen LogP contribution in [-0.4, -0.2) is 7.11 Å². The molecule has 0 amide bonds. The Bertz CT molecular complexity index is 599. The Balaban J connectivity index is 2.44. The molecule has 5 heteroatoms. The Labute approximate surface area is 122 Å². The van der Waals surface area contributed by atoms with Gasteiger partial charge in [0.1, 0.15) is 0 Å². The minimum absolute atomic E-state index is 0.201. The van der Waals surface area contributed by atoms with E-state index in [2.05, 4.69) is 5.43 Å². The Morgan fingerprint density at radius 2 is 1.95 bits per heavy atom. The molecule has 2 aromatic carbocycles. The second kappa shape index (κ2) is 6.22. The van der Waals surface area contributed by atoms with E-state index in [1.807, 2.05) is 19.1 Å². The van der Waals surface area contributed by atoms with Gasteiger partial charge in [-0.05, 0) is 47.9 Å². The van der Waals surface area contributed by atoms with Gasteiger partial charge in [0.25, 0.3) is 0 Å². The molecule has 0 aliphatic heterocycles. The van der Waals surface area contributed by atoms with Gasteiger partial charge in [0.05, 0.1) is 13.2 Å². The fraction of sp³-hybridized carbons (Fsp3) is 0.200. The van der Waals surface area contributed by atoms with Gasteiger partial charge in [-0.25, -0.2) is 9.82 Å². The highest BCUT2D eigenvalue weighted by atomic mass is 35.5. The van der Waals surface area contributed by atoms with E-state index in [1.165, 1.54) is 13.2 Å². The largest absolute Gasteiger partial charge is 0.494 e. The van der Waals surface area contributed by atoms with Crippen LogP contribution in [0.2, 0.25) is 5.02 Å². The molecule has 2 aromatic rings. The lowest BCUT2D eigenvalue weighted by Crippen LogP contribution is -2.29. The van der Waals surface area contributed by atoms with Crippen molar-refractivity contribution in [2.24, 2.45) is 5.84 Å². The predicted octanol–water partition coefficient (Wildman–Crippen LogP) is 3.35. The van der Waals surface area contributed by atoms with Crippen LogP contribution in [0.4, 0.5) is 4.39 Å². The van der Waals surface area contributed by atoms with Gasteiger partial charge in [-0.2, -0.15) is 0 Å². The monoisotopic (exact) mass is 294 g/mol. The number of benzene rings is 2. The molecule has 3 N–H and O–H groups in total. The smallest absolute Gasteiger partial charge is 0.165 e. The lowest BCUT2D eigenvalue weighted by atomic mass is 9.97. The SMILES string of the molecule is COc1ccc(C(NN)c2cc(C)cc(Cl)c2)cc1F. The molecule has 106 valence electrons. The minimum atomic E-state index is -0.427. The van der Waals surface area contributed by atoms with E-state index >= 15 is 0 Å². The lowest BCUT2D eigenvalue weighted by molar-refractivity contribution is 0.385. The fourth-order valence-electron chi connectivity index (χ4n) is 2.18. The first-order chi connectivity index (χ1) is 9.55. The third kappa shape index (κ3) is 3.10. The summed E-state index contributed by atoms with van der Waals surface area (Å²) < 4.78 is 18.7. The van der Waals surface area contributed by atoms with Crippen LogP contribution in [0.1, 0.15) is 22.7 Å². The molecule has 20 heavy (non-hydrogen) atoms. The summed E-state index contributed by atoms with van der Waals surface area (Å²) in [6.45, 7) is 1.94. The highest BCUT2D eigenvalue weighted by Gasteiger charge is 2.15. The zero-order valence-electron chi connectivity index (χ0n) is 11.3. The number of hydrazine groups is 1. The van der Waals surface area contributed by atoms with Gasteiger partial charge in [-0.3, -0.25) is 5.84 Å². The van der Waals surface area contributed by atoms with Crippen molar-refractivity contribution < 1.29 is 9.13 Å². The summed E-state index contributed by atoms with van der Waals surface area (Å²) in [6, 6.07) is 10.0. The molecule has 0 aliphatic carbocycles. The van der Waals surface area contributed by atoms with Crippen molar-refractivity contribution in [2.45, 2.75) is 13.0 Å². The van der Waals surface area contributed by atoms with Crippen molar-refractivity contribution in [3.05, 3.63) is 63.9 Å². The van der Waals surface area contributed by atoms with E-state index in [9.17, 15) is 4.39 Å². The Morgan fingerprint density at radius 3 is 2.50 bits per heavy atom. The van der Waals surface area contributed by atoms with Crippen LogP contribution in [0.25, 0.3) is 0 Å². The molecule has 1 unspecified atom stereocenters. The summed E-state index contributed by atoms with van der Waals surface area (Å²) in [5.41, 5.74) is 5.28. The first kappa shape index (κ1) is 14.8. The third-order valence-electron chi connectivity index (χ3n) is 3.07. The zero-order valence-corrected chi connectivity index (χ0v) is 12.0. The summed E-state index contributed by atoms with van der Waals surface area (Å²) in [4.78, 5) is 0. The number of nitrogens with one attached hydrogen (secondary N) is 1. The quantitative estimate of drug-likeness (QED) is 0.671. The average molecular weight is 295 g/mol. The second-order valence-electron chi connectivity index (χ2n) is 4.56. The maximum Gasteiger partial charge on any atom is 0.165 e. The van der Waals surface area contributed by atoms with Crippen LogP contribution in [-0.2, 0) is 0 Å². The van der Waals surface area contributed by atoms with Gasteiger partial charge in [0.2, 0.25) is 0 Å². The van der Waals surface area contributed by atoms with Crippen molar-refractivity contribution in [2.75, 3.05) is 7.11 Å². The minimum Gasteiger partial charge on any atom is -0.494 e. The first-order valence-corrected chi connectivity index (χ1v) is 6.49. The van der Waals surface area contributed by atoms with Gasteiger partial charge in [-0.15, -0.1) is 0 Å². The molecule has 0 saturated heterocycles. The number of ether oxygens (including phenoxy) is 1. The van der Waals surface area contributed by atoms with E-state index in [-0.39, 0.29) is 11.8 Å². The van der Waals surface area contributed by atoms with E-state index in [1.54, 1.807) is 18.2 Å². The molecule has 0 radical (unpaired) electrons. The number of methoxy groups -OCH3 is 1. The first-order valence-electron chi connectivity index (χ1n) is 6.12. The van der Waals surface area contributed by atoms with Crippen molar-refractivity contribution in [3.8, 4) is 5.75 Å². The molecule has 3 nitrogen and oxygen atoms in total. The summed E-state index contributed by atoms with van der Waals surface area (Å²) in [5, 5.41) is 0.620. The van der Waals surface area contributed by atoms with Crippen LogP contribution < -0.4 is 16.0 Å². The predicted molar refractivity (Wildman–Crippen MR) is 78.3 cm³/mol. The lowest BCUT2D eigenvalue weighted by Gasteiger charge is -2.18. The standard InChI is InChI=1S/C15H16ClFN2O/c1-9-5-11(7-12(16)6-9)15(19-18)10-3-4-14(20-2)13(17)8-10/h3-8,15,19H,18H2,1-2H3. The molecule has 0 spiro atoms. The number of rotatable bonds is 4. The maximum absolute atomic E-state index is 13.8. The van der Waals surface area contributed by atoms with Gasteiger partial charge in [0, 0.05) is 5.02 Å². The van der Waals surface area contributed by atoms with Gasteiger partial charge < -0.3 is 4.74 Å². The van der Waals surface area contributed by atoms with Crippen molar-refractivity contribution in [3.63, 3.8) is 0 Å². The number of nitrogens with two attached hydrogens (primary N) is 1. The molecule has 0 aliphatic rings. The highest BCUT2D eigenvalue weighted by molar-refractivity contribution is 6.30. The Hall–Kier alpha value is -1.62. The molecular formula is C15H16ClFN2O. The van der Waals surface area contributed by atoms with Crippen LogP contribution in [0.3, 0.4) is 0 Å². The highest BCUT2D eigenvalue weighted by Crippen LogP contribution is 2.28. The van der Waals surface area contributed by atoms with E-state index in [0.29, 0.717) is 10.6 Å². The van der Waals surface area contributed by atoms with Crippen LogP contribution in [0.5, 0.6) is 5.75 Å². The van der Waals surface area contributed by atoms with E-state index in [0.717, 1.165) is 11.1 Å². The maximum atomic E-state index is 13.8. The van der Waals surface area contributed by atoms with E-state index in [4.69, 9.17) is 22.2 Å². The van der Waals surface area contributed by atoms with Gasteiger partial charge >= 0.3 is 0 Å². The van der Waals surface area contributed by atoms with Gasteiger partial charge in [0.15, 0.2) is 11.6 Å². The topological polar surface area (TPSA) is 47.3 Å². The molecule has 0 fully saturated rings. The number of hydrogen-bond donors (Lipinski definition) is 2. The summed E-state index contributed by atoms with van der Waals surface area (Å²) in [6.07, 6.45) is 0. The zero-order chi connectivity index (χ0) is 14.7. The number of aryl methyl sites for hydroxylation is 1. The second-order valence-corrected chi connectivity index (χ2v) is 4.99. The Morgan fingerprint density at radius 1 is 1.20 bits per heavy atom. The Kier molecular flexibility index (Phi) is 4.60. The van der Waals surface area contributed by atoms with Crippen LogP contribution >= 0.6 is 11.6 Å². The van der Waals surface area contributed by atoms with Crippen molar-refractivity contribution in [1.29, 1.82) is 0 Å². The van der Waals surface area contributed by atoms with Crippen LogP contribution in [0, 0.1) is 12.7 Å². The van der Waals surface area contributed by atoms with Crippen molar-refractivity contribution in [1.82, 2.24) is 5.43 Å². The third-order valence-corrected chi connectivity index (χ3v) is 3.29. The normalized spacial score (nSPS) is 12.2. The van der Waals surface area contributed by atoms with Crippen molar-refractivity contribution >= 4 is 11.6 Å². The molecule has 1 atom stereocenters. The molecule has 0 bridgehead atoms. The number of halogens is 2. The van der Waals surface area contributed by atoms with Gasteiger partial charge in [-0.1, -0.05) is 23.7 Å². The molecule has 0 aromatic heterocycles. The summed E-state index contributed by atoms with van der Waals surface area (Å²) >= 11 is 6.05. The fourth-order valence-corrected chi connectivity index (χ4v) is 2.48. The summed E-state index contributed by atoms with van der Waals surface area (Å²) in [7, 11) is 1.43.